The van der Waals surface area contributed by atoms with Crippen LogP contribution in [0.15, 0.2) is 0 Å². The van der Waals surface area contributed by atoms with Gasteiger partial charge in [0.1, 0.15) is 6.29 Å². The first-order valence-electron chi connectivity index (χ1n) is 3.20. The Kier molecular flexibility index (Phi) is 1.37. The summed E-state index contributed by atoms with van der Waals surface area (Å²) in [5.74, 6) is 0. The molecule has 1 aliphatic carbocycles. The van der Waals surface area contributed by atoms with E-state index < -0.39 is 0 Å². The van der Waals surface area contributed by atoms with Gasteiger partial charge in [0.05, 0.1) is 0 Å². The summed E-state index contributed by atoms with van der Waals surface area (Å²) in [4.78, 5) is 9.88. The van der Waals surface area contributed by atoms with Gasteiger partial charge in [-0.2, -0.15) is 0 Å². The zero-order chi connectivity index (χ0) is 6.04. The van der Waals surface area contributed by atoms with Crippen molar-refractivity contribution in [1.29, 1.82) is 0 Å². The molecule has 0 N–H and O–H groups in total. The number of carbonyl (C=O) groups excluding carboxylic acids is 1. The van der Waals surface area contributed by atoms with Crippen molar-refractivity contribution in [1.82, 2.24) is 0 Å². The molecule has 1 fully saturated rings. The van der Waals surface area contributed by atoms with Gasteiger partial charge in [-0.25, -0.2) is 0 Å². The van der Waals surface area contributed by atoms with Gasteiger partial charge in [0.15, 0.2) is 0 Å². The zero-order valence-corrected chi connectivity index (χ0v) is 5.31. The van der Waals surface area contributed by atoms with Crippen LogP contribution in [0, 0.1) is 5.41 Å². The van der Waals surface area contributed by atoms with Gasteiger partial charge in [-0.1, -0.05) is 6.92 Å². The average Bonchev–Trinajstić information content (AvgIpc) is 2.45. The third-order valence-electron chi connectivity index (χ3n) is 1.97. The Hall–Kier alpha value is -0.330. The highest BCUT2D eigenvalue weighted by Crippen LogP contribution is 2.48. The van der Waals surface area contributed by atoms with Crippen molar-refractivity contribution in [3.8, 4) is 0 Å². The van der Waals surface area contributed by atoms with Gasteiger partial charge in [0.25, 0.3) is 0 Å². The van der Waals surface area contributed by atoms with Crippen LogP contribution in [0.5, 0.6) is 0 Å². The van der Waals surface area contributed by atoms with Crippen LogP contribution >= 0.6 is 0 Å². The molecular formula is C7H12O. The summed E-state index contributed by atoms with van der Waals surface area (Å²) in [6.45, 7) is 2.25. The van der Waals surface area contributed by atoms with Gasteiger partial charge in [-0.15, -0.1) is 0 Å². The fourth-order valence-electron chi connectivity index (χ4n) is 0.871. The van der Waals surface area contributed by atoms with E-state index in [0.29, 0.717) is 5.41 Å². The standard InChI is InChI=1S/C7H12O/c1-7(4-5-7)3-2-6-8/h6H,2-5H2,1H3. The number of hydrogen-bond donors (Lipinski definition) is 0. The normalized spacial score (nSPS) is 22.6. The van der Waals surface area contributed by atoms with Crippen molar-refractivity contribution in [2.75, 3.05) is 0 Å². The topological polar surface area (TPSA) is 17.1 Å². The highest BCUT2D eigenvalue weighted by atomic mass is 16.1. The summed E-state index contributed by atoms with van der Waals surface area (Å²) in [5.41, 5.74) is 0.570. The molecule has 0 spiro atoms. The molecule has 0 atom stereocenters. The SMILES string of the molecule is CC1(CCC=O)CC1. The lowest BCUT2D eigenvalue weighted by molar-refractivity contribution is -0.108. The summed E-state index contributed by atoms with van der Waals surface area (Å²) in [5, 5.41) is 0. The molecule has 1 nitrogen and oxygen atoms in total. The number of carbonyl (C=O) groups is 1. The maximum absolute atomic E-state index is 9.88. The van der Waals surface area contributed by atoms with E-state index in [2.05, 4.69) is 6.92 Å². The first-order valence-corrected chi connectivity index (χ1v) is 3.20. The Bertz CT molecular complexity index is 92.6. The Morgan fingerprint density at radius 2 is 2.25 bits per heavy atom. The van der Waals surface area contributed by atoms with E-state index in [-0.39, 0.29) is 0 Å². The predicted molar refractivity (Wildman–Crippen MR) is 32.6 cm³/mol. The second-order valence-corrected chi connectivity index (χ2v) is 3.02. The number of rotatable bonds is 3. The van der Waals surface area contributed by atoms with Crippen molar-refractivity contribution < 1.29 is 4.79 Å². The fraction of sp³-hybridized carbons (Fsp3) is 0.857. The Balaban J connectivity index is 2.09. The maximum atomic E-state index is 9.88. The van der Waals surface area contributed by atoms with E-state index in [0.717, 1.165) is 19.1 Å². The zero-order valence-electron chi connectivity index (χ0n) is 5.31. The Morgan fingerprint density at radius 1 is 1.62 bits per heavy atom. The van der Waals surface area contributed by atoms with E-state index in [1.165, 1.54) is 12.8 Å². The molecule has 0 saturated heterocycles. The second-order valence-electron chi connectivity index (χ2n) is 3.02. The first kappa shape index (κ1) is 5.80. The number of hydrogen-bond acceptors (Lipinski definition) is 1. The quantitative estimate of drug-likeness (QED) is 0.508. The summed E-state index contributed by atoms with van der Waals surface area (Å²) < 4.78 is 0. The van der Waals surface area contributed by atoms with Crippen LogP contribution < -0.4 is 0 Å². The molecule has 0 aromatic heterocycles. The molecule has 46 valence electrons. The van der Waals surface area contributed by atoms with Crippen LogP contribution in [0.1, 0.15) is 32.6 Å². The van der Waals surface area contributed by atoms with Crippen LogP contribution in [0.2, 0.25) is 0 Å². The molecule has 0 aromatic rings. The smallest absolute Gasteiger partial charge is 0.120 e. The molecule has 0 radical (unpaired) electrons. The lowest BCUT2D eigenvalue weighted by Crippen LogP contribution is -1.91. The highest BCUT2D eigenvalue weighted by Gasteiger charge is 2.35. The largest absolute Gasteiger partial charge is 0.303 e. The van der Waals surface area contributed by atoms with E-state index in [1.807, 2.05) is 0 Å². The van der Waals surface area contributed by atoms with Gasteiger partial charge < -0.3 is 4.79 Å². The molecular weight excluding hydrogens is 100 g/mol. The van der Waals surface area contributed by atoms with Gasteiger partial charge in [-0.3, -0.25) is 0 Å². The number of aldehydes is 1. The monoisotopic (exact) mass is 112 g/mol. The molecule has 1 heteroatoms. The van der Waals surface area contributed by atoms with Crippen LogP contribution in [-0.2, 0) is 4.79 Å². The van der Waals surface area contributed by atoms with Gasteiger partial charge >= 0.3 is 0 Å². The minimum Gasteiger partial charge on any atom is -0.303 e. The van der Waals surface area contributed by atoms with Crippen molar-refractivity contribution in [3.63, 3.8) is 0 Å². The first-order chi connectivity index (χ1) is 3.77. The molecule has 0 amide bonds. The second kappa shape index (κ2) is 1.88. The summed E-state index contributed by atoms with van der Waals surface area (Å²) in [6.07, 6.45) is 5.55. The Morgan fingerprint density at radius 3 is 2.62 bits per heavy atom. The molecule has 1 saturated carbocycles. The van der Waals surface area contributed by atoms with E-state index in [1.54, 1.807) is 0 Å². The van der Waals surface area contributed by atoms with Gasteiger partial charge in [-0.05, 0) is 24.7 Å². The van der Waals surface area contributed by atoms with Crippen LogP contribution in [0.4, 0.5) is 0 Å². The lowest BCUT2D eigenvalue weighted by Gasteiger charge is -2.00. The predicted octanol–water partition coefficient (Wildman–Crippen LogP) is 1.77. The molecule has 0 bridgehead atoms. The maximum Gasteiger partial charge on any atom is 0.120 e. The van der Waals surface area contributed by atoms with Crippen LogP contribution in [0.25, 0.3) is 0 Å². The molecule has 0 heterocycles. The average molecular weight is 112 g/mol. The Labute approximate surface area is 50.1 Å². The van der Waals surface area contributed by atoms with Gasteiger partial charge in [0, 0.05) is 6.42 Å². The van der Waals surface area contributed by atoms with Crippen molar-refractivity contribution in [2.45, 2.75) is 32.6 Å². The lowest BCUT2D eigenvalue weighted by atomic mass is 10.0. The van der Waals surface area contributed by atoms with Gasteiger partial charge in [0.2, 0.25) is 0 Å². The molecule has 8 heavy (non-hydrogen) atoms. The molecule has 1 aliphatic rings. The summed E-state index contributed by atoms with van der Waals surface area (Å²) in [6, 6.07) is 0. The summed E-state index contributed by atoms with van der Waals surface area (Å²) in [7, 11) is 0. The highest BCUT2D eigenvalue weighted by molar-refractivity contribution is 5.49. The molecule has 0 unspecified atom stereocenters. The minimum atomic E-state index is 0.570. The molecule has 0 aromatic carbocycles. The van der Waals surface area contributed by atoms with Crippen molar-refractivity contribution in [3.05, 3.63) is 0 Å². The van der Waals surface area contributed by atoms with E-state index in [9.17, 15) is 4.79 Å². The summed E-state index contributed by atoms with van der Waals surface area (Å²) >= 11 is 0. The van der Waals surface area contributed by atoms with Crippen molar-refractivity contribution in [2.24, 2.45) is 5.41 Å². The molecule has 1 rings (SSSR count). The minimum absolute atomic E-state index is 0.570. The van der Waals surface area contributed by atoms with Crippen LogP contribution in [-0.4, -0.2) is 6.29 Å². The molecule has 0 aliphatic heterocycles. The van der Waals surface area contributed by atoms with E-state index >= 15 is 0 Å². The third-order valence-corrected chi connectivity index (χ3v) is 1.97. The fourth-order valence-corrected chi connectivity index (χ4v) is 0.871. The third kappa shape index (κ3) is 1.32. The van der Waals surface area contributed by atoms with Crippen molar-refractivity contribution >= 4 is 6.29 Å². The van der Waals surface area contributed by atoms with Crippen LogP contribution in [0.3, 0.4) is 0 Å². The van der Waals surface area contributed by atoms with E-state index in [4.69, 9.17) is 0 Å².